The van der Waals surface area contributed by atoms with E-state index in [1.807, 2.05) is 0 Å². The summed E-state index contributed by atoms with van der Waals surface area (Å²) in [6, 6.07) is 5.71. The van der Waals surface area contributed by atoms with Crippen molar-refractivity contribution in [2.75, 3.05) is 0 Å². The first kappa shape index (κ1) is 12.5. The molecule has 2 heterocycles. The number of primary sulfonamides is 1. The van der Waals surface area contributed by atoms with Gasteiger partial charge in [-0.1, -0.05) is 12.1 Å². The van der Waals surface area contributed by atoms with Crippen molar-refractivity contribution in [2.45, 2.75) is 4.90 Å². The normalized spacial score (nSPS) is 11.8. The molecule has 9 heteroatoms. The Bertz CT molecular complexity index is 886. The van der Waals surface area contributed by atoms with Crippen molar-refractivity contribution in [2.24, 2.45) is 5.14 Å². The summed E-state index contributed by atoms with van der Waals surface area (Å²) in [5.41, 5.74) is 1.76. The number of aromatic nitrogens is 4. The quantitative estimate of drug-likeness (QED) is 0.692. The molecule has 0 aliphatic rings. The minimum Gasteiger partial charge on any atom is -0.479 e. The van der Waals surface area contributed by atoms with Gasteiger partial charge in [0.05, 0.1) is 11.1 Å². The van der Waals surface area contributed by atoms with Crippen LogP contribution >= 0.6 is 0 Å². The predicted molar refractivity (Wildman–Crippen MR) is 69.3 cm³/mol. The summed E-state index contributed by atoms with van der Waals surface area (Å²) in [4.78, 5) is 7.67. The third-order valence-electron chi connectivity index (χ3n) is 2.78. The van der Waals surface area contributed by atoms with E-state index < -0.39 is 10.0 Å². The van der Waals surface area contributed by atoms with Crippen molar-refractivity contribution in [3.8, 4) is 17.1 Å². The highest BCUT2D eigenvalue weighted by Gasteiger charge is 2.12. The molecule has 0 bridgehead atoms. The fraction of sp³-hybridized carbons (Fsp3) is 0. The van der Waals surface area contributed by atoms with Crippen molar-refractivity contribution >= 4 is 15.7 Å². The molecular formula is C11H9N5O3S. The van der Waals surface area contributed by atoms with Crippen LogP contribution in [0, 0.1) is 0 Å². The van der Waals surface area contributed by atoms with Gasteiger partial charge in [-0.25, -0.2) is 18.5 Å². The van der Waals surface area contributed by atoms with Crippen LogP contribution in [0.1, 0.15) is 0 Å². The molecule has 0 saturated heterocycles. The van der Waals surface area contributed by atoms with Gasteiger partial charge in [-0.2, -0.15) is 14.6 Å². The molecule has 3 rings (SSSR count). The molecule has 0 fully saturated rings. The molecule has 0 spiro atoms. The summed E-state index contributed by atoms with van der Waals surface area (Å²) < 4.78 is 23.6. The lowest BCUT2D eigenvalue weighted by Crippen LogP contribution is -2.11. The highest BCUT2D eigenvalue weighted by atomic mass is 32.2. The molecule has 0 aliphatic heterocycles. The smallest absolute Gasteiger partial charge is 0.318 e. The molecule has 0 radical (unpaired) electrons. The lowest BCUT2D eigenvalue weighted by molar-refractivity contribution is 0.411. The average Bonchev–Trinajstić information content (AvgIpc) is 2.83. The van der Waals surface area contributed by atoms with Gasteiger partial charge in [0.25, 0.3) is 0 Å². The van der Waals surface area contributed by atoms with Crippen LogP contribution < -0.4 is 5.14 Å². The van der Waals surface area contributed by atoms with Crippen molar-refractivity contribution in [1.29, 1.82) is 0 Å². The minimum absolute atomic E-state index is 0.0233. The number of sulfonamides is 1. The molecule has 0 aliphatic carbocycles. The van der Waals surface area contributed by atoms with Crippen molar-refractivity contribution < 1.29 is 13.5 Å². The zero-order valence-electron chi connectivity index (χ0n) is 10.0. The second-order valence-corrected chi connectivity index (χ2v) is 5.60. The Morgan fingerprint density at radius 1 is 1.15 bits per heavy atom. The second-order valence-electron chi connectivity index (χ2n) is 4.04. The molecule has 8 nitrogen and oxygen atoms in total. The van der Waals surface area contributed by atoms with Gasteiger partial charge in [-0.15, -0.1) is 0 Å². The van der Waals surface area contributed by atoms with Crippen molar-refractivity contribution in [3.05, 3.63) is 36.8 Å². The van der Waals surface area contributed by atoms with Crippen LogP contribution in [0.5, 0.6) is 6.01 Å². The van der Waals surface area contributed by atoms with Gasteiger partial charge in [0, 0.05) is 5.56 Å². The summed E-state index contributed by atoms with van der Waals surface area (Å²) in [5.74, 6) is 0. The van der Waals surface area contributed by atoms with E-state index in [0.29, 0.717) is 16.8 Å². The topological polar surface area (TPSA) is 123 Å². The van der Waals surface area contributed by atoms with Crippen LogP contribution in [-0.2, 0) is 10.0 Å². The van der Waals surface area contributed by atoms with Gasteiger partial charge in [0.2, 0.25) is 10.0 Å². The number of aromatic hydroxyl groups is 1. The predicted octanol–water partition coefficient (Wildman–Crippen LogP) is 0.144. The van der Waals surface area contributed by atoms with Crippen LogP contribution in [-0.4, -0.2) is 33.1 Å². The number of benzene rings is 1. The lowest BCUT2D eigenvalue weighted by Gasteiger charge is -2.01. The Balaban J connectivity index is 2.14. The first-order valence-corrected chi connectivity index (χ1v) is 7.02. The molecule has 20 heavy (non-hydrogen) atoms. The molecular weight excluding hydrogens is 282 g/mol. The molecule has 3 aromatic rings. The lowest BCUT2D eigenvalue weighted by atomic mass is 10.1. The summed E-state index contributed by atoms with van der Waals surface area (Å²) in [6.45, 7) is 0. The Morgan fingerprint density at radius 3 is 2.50 bits per heavy atom. The van der Waals surface area contributed by atoms with E-state index in [1.54, 1.807) is 12.1 Å². The third kappa shape index (κ3) is 1.98. The van der Waals surface area contributed by atoms with Gasteiger partial charge in [0.15, 0.2) is 5.65 Å². The molecule has 2 aromatic heterocycles. The van der Waals surface area contributed by atoms with Crippen LogP contribution in [0.2, 0.25) is 0 Å². The first-order valence-electron chi connectivity index (χ1n) is 5.48. The highest BCUT2D eigenvalue weighted by molar-refractivity contribution is 7.89. The first-order chi connectivity index (χ1) is 9.47. The van der Waals surface area contributed by atoms with E-state index in [1.165, 1.54) is 29.2 Å². The van der Waals surface area contributed by atoms with Crippen molar-refractivity contribution in [1.82, 2.24) is 19.6 Å². The maximum absolute atomic E-state index is 11.2. The maximum Gasteiger partial charge on any atom is 0.318 e. The third-order valence-corrected chi connectivity index (χ3v) is 3.71. The van der Waals surface area contributed by atoms with Crippen LogP contribution in [0.3, 0.4) is 0 Å². The van der Waals surface area contributed by atoms with E-state index >= 15 is 0 Å². The summed E-state index contributed by atoms with van der Waals surface area (Å²) in [6.07, 6.45) is 2.73. The van der Waals surface area contributed by atoms with Gasteiger partial charge >= 0.3 is 6.01 Å². The molecule has 102 valence electrons. The molecule has 1 aromatic carbocycles. The van der Waals surface area contributed by atoms with Gasteiger partial charge in [0.1, 0.15) is 6.33 Å². The summed E-state index contributed by atoms with van der Waals surface area (Å²) >= 11 is 0. The second kappa shape index (κ2) is 4.25. The zero-order valence-corrected chi connectivity index (χ0v) is 10.8. The Labute approximate surface area is 113 Å². The number of hydrogen-bond donors (Lipinski definition) is 2. The number of rotatable bonds is 2. The standard InChI is InChI=1S/C11H9N5O3S/c12-20(18,19)8-3-1-7(2-4-8)9-5-15-16-10(9)13-6-14-11(16)17/h1-6H,(H2,12,18,19)(H,13,14,17). The fourth-order valence-corrected chi connectivity index (χ4v) is 2.35. The van der Waals surface area contributed by atoms with Gasteiger partial charge in [-0.05, 0) is 17.7 Å². The van der Waals surface area contributed by atoms with Crippen LogP contribution in [0.15, 0.2) is 41.7 Å². The largest absolute Gasteiger partial charge is 0.479 e. The Kier molecular flexibility index (Phi) is 2.66. The molecule has 0 amide bonds. The maximum atomic E-state index is 11.2. The Morgan fingerprint density at radius 2 is 1.85 bits per heavy atom. The Hall–Kier alpha value is -2.52. The molecule has 0 atom stereocenters. The van der Waals surface area contributed by atoms with Gasteiger partial charge < -0.3 is 5.11 Å². The number of nitrogens with zero attached hydrogens (tertiary/aromatic N) is 4. The average molecular weight is 291 g/mol. The molecule has 0 unspecified atom stereocenters. The van der Waals surface area contributed by atoms with E-state index in [0.717, 1.165) is 0 Å². The van der Waals surface area contributed by atoms with E-state index in [-0.39, 0.29) is 10.9 Å². The zero-order chi connectivity index (χ0) is 14.3. The summed E-state index contributed by atoms with van der Waals surface area (Å²) in [5, 5.41) is 18.5. The van der Waals surface area contributed by atoms with Crippen LogP contribution in [0.4, 0.5) is 0 Å². The monoisotopic (exact) mass is 291 g/mol. The van der Waals surface area contributed by atoms with E-state index in [9.17, 15) is 13.5 Å². The minimum atomic E-state index is -3.72. The number of hydrogen-bond acceptors (Lipinski definition) is 6. The van der Waals surface area contributed by atoms with Gasteiger partial charge in [-0.3, -0.25) is 0 Å². The van der Waals surface area contributed by atoms with E-state index in [4.69, 9.17) is 5.14 Å². The highest BCUT2D eigenvalue weighted by Crippen LogP contribution is 2.25. The van der Waals surface area contributed by atoms with Crippen LogP contribution in [0.25, 0.3) is 16.8 Å². The SMILES string of the molecule is NS(=O)(=O)c1ccc(-c2cnn3c(O)ncnc23)cc1. The molecule has 0 saturated carbocycles. The van der Waals surface area contributed by atoms with Crippen molar-refractivity contribution in [3.63, 3.8) is 0 Å². The summed E-state index contributed by atoms with van der Waals surface area (Å²) in [7, 11) is -3.72. The van der Waals surface area contributed by atoms with E-state index in [2.05, 4.69) is 15.1 Å². The molecule has 3 N–H and O–H groups in total. The number of nitrogens with two attached hydrogens (primary N) is 1. The fourth-order valence-electron chi connectivity index (χ4n) is 1.83. The number of fused-ring (bicyclic) bond motifs is 1.